The monoisotopic (exact) mass is 533 g/mol. The van der Waals surface area contributed by atoms with Gasteiger partial charge in [0, 0.05) is 51.5 Å². The van der Waals surface area contributed by atoms with Crippen LogP contribution in [0.15, 0.2) is 54.9 Å². The number of carbonyl (C=O) groups is 1. The van der Waals surface area contributed by atoms with Crippen molar-refractivity contribution >= 4 is 50.6 Å². The molecule has 0 unspecified atom stereocenters. The zero-order valence-electron chi connectivity index (χ0n) is 19.1. The van der Waals surface area contributed by atoms with Crippen molar-refractivity contribution in [2.75, 3.05) is 37.8 Å². The highest BCUT2D eigenvalue weighted by atomic mass is 35.5. The van der Waals surface area contributed by atoms with Gasteiger partial charge in [0.25, 0.3) is 0 Å². The minimum atomic E-state index is -3.14. The summed E-state index contributed by atoms with van der Waals surface area (Å²) in [6.07, 6.45) is 4.80. The number of nitrogens with one attached hydrogen (secondary N) is 1. The quantitative estimate of drug-likeness (QED) is 0.436. The third-order valence-corrected chi connectivity index (χ3v) is 7.65. The molecule has 0 saturated carbocycles. The lowest BCUT2D eigenvalue weighted by molar-refractivity contribution is 0.0993. The average Bonchev–Trinajstić information content (AvgIpc) is 2.80. The van der Waals surface area contributed by atoms with Gasteiger partial charge in [-0.15, -0.1) is 0 Å². The number of Topliss-reactive ketones (excluding diaryl/α,β-unsaturated/α-hetero) is 1. The summed E-state index contributed by atoms with van der Waals surface area (Å²) in [6.45, 7) is 3.06. The molecule has 0 amide bonds. The van der Waals surface area contributed by atoms with E-state index < -0.39 is 10.0 Å². The van der Waals surface area contributed by atoms with Gasteiger partial charge in [0.05, 0.1) is 21.9 Å². The number of rotatable bonds is 8. The van der Waals surface area contributed by atoms with E-state index in [-0.39, 0.29) is 12.2 Å². The van der Waals surface area contributed by atoms with Gasteiger partial charge in [-0.3, -0.25) is 9.69 Å². The van der Waals surface area contributed by atoms with Crippen LogP contribution in [0.3, 0.4) is 0 Å². The fourth-order valence-corrected chi connectivity index (χ4v) is 5.33. The molecule has 184 valence electrons. The number of aromatic nitrogens is 2. The summed E-state index contributed by atoms with van der Waals surface area (Å²) in [5.74, 6) is 1.02. The zero-order chi connectivity index (χ0) is 25.0. The van der Waals surface area contributed by atoms with Gasteiger partial charge in [0.1, 0.15) is 11.6 Å². The molecule has 8 nitrogen and oxygen atoms in total. The number of nitrogens with zero attached hydrogens (tertiary/aromatic N) is 4. The first-order valence-electron chi connectivity index (χ1n) is 11.0. The Balaban J connectivity index is 1.35. The maximum Gasteiger partial charge on any atom is 0.211 e. The number of carbonyl (C=O) groups excluding carboxylic acids is 1. The molecule has 0 radical (unpaired) electrons. The number of anilines is 2. The van der Waals surface area contributed by atoms with E-state index in [2.05, 4.69) is 20.2 Å². The smallest absolute Gasteiger partial charge is 0.211 e. The summed E-state index contributed by atoms with van der Waals surface area (Å²) in [7, 11) is -3.14. The molecular formula is C24H25Cl2N5O3S. The lowest BCUT2D eigenvalue weighted by Crippen LogP contribution is -2.47. The van der Waals surface area contributed by atoms with Crippen molar-refractivity contribution in [1.29, 1.82) is 0 Å². The highest BCUT2D eigenvalue weighted by Gasteiger charge is 2.23. The Bertz CT molecular complexity index is 1290. The third kappa shape index (κ3) is 6.77. The van der Waals surface area contributed by atoms with Crippen LogP contribution in [0.1, 0.15) is 21.5 Å². The van der Waals surface area contributed by atoms with Crippen LogP contribution in [0.5, 0.6) is 0 Å². The van der Waals surface area contributed by atoms with Crippen LogP contribution in [0.25, 0.3) is 0 Å². The van der Waals surface area contributed by atoms with Crippen LogP contribution in [0, 0.1) is 0 Å². The standard InChI is InChI=1S/C24H25Cl2N5O3S/c1-35(33,34)31-11-9-30(10-12-31)16-18-5-6-22(28-15-18)29-23-14-17(7-8-27-23)13-21(32)24-19(25)3-2-4-20(24)26/h2-8,14-15H,9-13,16H2,1H3,(H,27,28,29). The molecule has 11 heteroatoms. The Morgan fingerprint density at radius 1 is 0.971 bits per heavy atom. The second-order valence-electron chi connectivity index (χ2n) is 8.36. The van der Waals surface area contributed by atoms with E-state index in [9.17, 15) is 13.2 Å². The van der Waals surface area contributed by atoms with Gasteiger partial charge in [-0.05, 0) is 41.5 Å². The number of pyridine rings is 2. The van der Waals surface area contributed by atoms with Crippen molar-refractivity contribution < 1.29 is 13.2 Å². The molecule has 0 spiro atoms. The molecule has 1 aliphatic rings. The van der Waals surface area contributed by atoms with Gasteiger partial charge in [-0.2, -0.15) is 4.31 Å². The molecular weight excluding hydrogens is 509 g/mol. The Morgan fingerprint density at radius 2 is 1.69 bits per heavy atom. The van der Waals surface area contributed by atoms with Crippen molar-refractivity contribution in [2.45, 2.75) is 13.0 Å². The van der Waals surface area contributed by atoms with E-state index in [1.54, 1.807) is 42.7 Å². The van der Waals surface area contributed by atoms with Crippen molar-refractivity contribution in [2.24, 2.45) is 0 Å². The van der Waals surface area contributed by atoms with E-state index in [1.807, 2.05) is 12.1 Å². The molecule has 3 aromatic rings. The molecule has 0 atom stereocenters. The predicted molar refractivity (Wildman–Crippen MR) is 138 cm³/mol. The van der Waals surface area contributed by atoms with E-state index in [4.69, 9.17) is 23.2 Å². The molecule has 4 rings (SSSR count). The number of hydrogen-bond acceptors (Lipinski definition) is 7. The van der Waals surface area contributed by atoms with Crippen LogP contribution >= 0.6 is 23.2 Å². The van der Waals surface area contributed by atoms with Crippen LogP contribution in [0.2, 0.25) is 10.0 Å². The largest absolute Gasteiger partial charge is 0.325 e. The van der Waals surface area contributed by atoms with Crippen molar-refractivity contribution in [3.05, 3.63) is 81.6 Å². The summed E-state index contributed by atoms with van der Waals surface area (Å²) < 4.78 is 24.8. The molecule has 35 heavy (non-hydrogen) atoms. The summed E-state index contributed by atoms with van der Waals surface area (Å²) in [5, 5.41) is 3.82. The lowest BCUT2D eigenvalue weighted by atomic mass is 10.0. The van der Waals surface area contributed by atoms with Crippen LogP contribution < -0.4 is 5.32 Å². The lowest BCUT2D eigenvalue weighted by Gasteiger charge is -2.33. The van der Waals surface area contributed by atoms with Gasteiger partial charge >= 0.3 is 0 Å². The minimum absolute atomic E-state index is 0.139. The highest BCUT2D eigenvalue weighted by molar-refractivity contribution is 7.88. The van der Waals surface area contributed by atoms with Crippen molar-refractivity contribution in [3.8, 4) is 0 Å². The van der Waals surface area contributed by atoms with Gasteiger partial charge in [-0.1, -0.05) is 35.3 Å². The van der Waals surface area contributed by atoms with E-state index in [0.29, 0.717) is 60.0 Å². The van der Waals surface area contributed by atoms with Gasteiger partial charge in [0.15, 0.2) is 5.78 Å². The first kappa shape index (κ1) is 25.5. The van der Waals surface area contributed by atoms with E-state index in [0.717, 1.165) is 11.1 Å². The Hall–Kier alpha value is -2.56. The topological polar surface area (TPSA) is 95.5 Å². The number of piperazine rings is 1. The fourth-order valence-electron chi connectivity index (χ4n) is 3.89. The summed E-state index contributed by atoms with van der Waals surface area (Å²) in [6, 6.07) is 12.4. The number of sulfonamides is 1. The van der Waals surface area contributed by atoms with E-state index >= 15 is 0 Å². The Morgan fingerprint density at radius 3 is 2.31 bits per heavy atom. The average molecular weight is 534 g/mol. The van der Waals surface area contributed by atoms with Gasteiger partial charge in [-0.25, -0.2) is 18.4 Å². The normalized spacial score (nSPS) is 15.2. The predicted octanol–water partition coefficient (Wildman–Crippen LogP) is 4.03. The molecule has 1 aliphatic heterocycles. The maximum absolute atomic E-state index is 12.7. The molecule has 1 fully saturated rings. The molecule has 0 bridgehead atoms. The maximum atomic E-state index is 12.7. The Kier molecular flexibility index (Phi) is 8.03. The molecule has 1 N–H and O–H groups in total. The van der Waals surface area contributed by atoms with Crippen molar-refractivity contribution in [3.63, 3.8) is 0 Å². The second-order valence-corrected chi connectivity index (χ2v) is 11.2. The minimum Gasteiger partial charge on any atom is -0.325 e. The van der Waals surface area contributed by atoms with Crippen LogP contribution in [-0.2, 0) is 23.0 Å². The van der Waals surface area contributed by atoms with Crippen molar-refractivity contribution in [1.82, 2.24) is 19.2 Å². The number of ketones is 1. The molecule has 3 heterocycles. The molecule has 1 saturated heterocycles. The number of halogens is 2. The first-order chi connectivity index (χ1) is 16.7. The van der Waals surface area contributed by atoms with Gasteiger partial charge in [0.2, 0.25) is 10.0 Å². The summed E-state index contributed by atoms with van der Waals surface area (Å²) >= 11 is 12.3. The fraction of sp³-hybridized carbons (Fsp3) is 0.292. The number of hydrogen-bond donors (Lipinski definition) is 1. The zero-order valence-corrected chi connectivity index (χ0v) is 21.4. The summed E-state index contributed by atoms with van der Waals surface area (Å²) in [5.41, 5.74) is 2.12. The molecule has 0 aliphatic carbocycles. The van der Waals surface area contributed by atoms with Gasteiger partial charge < -0.3 is 5.32 Å². The first-order valence-corrected chi connectivity index (χ1v) is 13.6. The third-order valence-electron chi connectivity index (χ3n) is 5.72. The highest BCUT2D eigenvalue weighted by Crippen LogP contribution is 2.26. The van der Waals surface area contributed by atoms with Crippen LogP contribution in [-0.4, -0.2) is 65.8 Å². The molecule has 1 aromatic carbocycles. The Labute approximate surface area is 214 Å². The second kappa shape index (κ2) is 11.0. The number of benzene rings is 1. The van der Waals surface area contributed by atoms with Crippen LogP contribution in [0.4, 0.5) is 11.6 Å². The molecule has 2 aromatic heterocycles. The SMILES string of the molecule is CS(=O)(=O)N1CCN(Cc2ccc(Nc3cc(CC(=O)c4c(Cl)cccc4Cl)ccn3)nc2)CC1. The summed E-state index contributed by atoms with van der Waals surface area (Å²) in [4.78, 5) is 23.7. The van der Waals surface area contributed by atoms with E-state index in [1.165, 1.54) is 10.6 Å².